The first kappa shape index (κ1) is 15.1. The highest BCUT2D eigenvalue weighted by Gasteiger charge is 2.15. The maximum Gasteiger partial charge on any atom is 0.161 e. The van der Waals surface area contributed by atoms with Gasteiger partial charge in [-0.25, -0.2) is 9.97 Å². The summed E-state index contributed by atoms with van der Waals surface area (Å²) in [6.45, 7) is 4.06. The zero-order chi connectivity index (χ0) is 14.9. The highest BCUT2D eigenvalue weighted by Crippen LogP contribution is 2.34. The second-order valence-corrected chi connectivity index (χ2v) is 5.73. The number of rotatable bonds is 3. The second kappa shape index (κ2) is 5.97. The molecule has 0 radical (unpaired) electrons. The Bertz CT molecular complexity index is 647. The zero-order valence-electron chi connectivity index (χ0n) is 11.3. The van der Waals surface area contributed by atoms with Crippen LogP contribution in [0.1, 0.15) is 25.5 Å². The summed E-state index contributed by atoms with van der Waals surface area (Å²) in [7, 11) is 1.49. The lowest BCUT2D eigenvalue weighted by Gasteiger charge is -2.11. The molecule has 1 heterocycles. The summed E-state index contributed by atoms with van der Waals surface area (Å²) in [6.07, 6.45) is 0. The number of methoxy groups -OCH3 is 1. The monoisotopic (exact) mass is 356 g/mol. The third kappa shape index (κ3) is 2.88. The molecule has 2 rings (SSSR count). The van der Waals surface area contributed by atoms with Crippen molar-refractivity contribution in [3.05, 3.63) is 33.5 Å². The molecule has 0 bridgehead atoms. The first-order valence-corrected chi connectivity index (χ1v) is 7.21. The van der Waals surface area contributed by atoms with Gasteiger partial charge >= 0.3 is 0 Å². The fourth-order valence-electron chi connectivity index (χ4n) is 1.76. The van der Waals surface area contributed by atoms with E-state index in [9.17, 15) is 5.11 Å². The van der Waals surface area contributed by atoms with Crippen molar-refractivity contribution in [1.82, 2.24) is 9.97 Å². The fourth-order valence-corrected chi connectivity index (χ4v) is 2.58. The van der Waals surface area contributed by atoms with Crippen LogP contribution in [0.4, 0.5) is 0 Å². The molecule has 0 saturated carbocycles. The molecule has 0 aliphatic carbocycles. The summed E-state index contributed by atoms with van der Waals surface area (Å²) in [6, 6.07) is 4.95. The Labute approximate surface area is 130 Å². The van der Waals surface area contributed by atoms with Gasteiger partial charge in [-0.15, -0.1) is 0 Å². The van der Waals surface area contributed by atoms with E-state index in [4.69, 9.17) is 16.3 Å². The number of ether oxygens (including phenoxy) is 1. The molecule has 0 saturated heterocycles. The number of phenols is 1. The van der Waals surface area contributed by atoms with E-state index >= 15 is 0 Å². The van der Waals surface area contributed by atoms with Crippen molar-refractivity contribution in [2.24, 2.45) is 0 Å². The summed E-state index contributed by atoms with van der Waals surface area (Å²) in [4.78, 5) is 8.79. The van der Waals surface area contributed by atoms with Gasteiger partial charge in [-0.1, -0.05) is 25.4 Å². The summed E-state index contributed by atoms with van der Waals surface area (Å²) in [5.41, 5.74) is 1.57. The predicted molar refractivity (Wildman–Crippen MR) is 82.5 cm³/mol. The molecular formula is C14H14BrClN2O2. The van der Waals surface area contributed by atoms with Gasteiger partial charge in [0.05, 0.1) is 17.3 Å². The number of halogens is 2. The number of benzene rings is 1. The predicted octanol–water partition coefficient (Wildman–Crippen LogP) is 4.40. The first-order valence-electron chi connectivity index (χ1n) is 6.04. The van der Waals surface area contributed by atoms with Gasteiger partial charge in [0.1, 0.15) is 5.15 Å². The second-order valence-electron chi connectivity index (χ2n) is 4.58. The number of aromatic nitrogens is 2. The highest BCUT2D eigenvalue weighted by molar-refractivity contribution is 9.10. The van der Waals surface area contributed by atoms with E-state index in [0.29, 0.717) is 21.2 Å². The molecule has 0 amide bonds. The van der Waals surface area contributed by atoms with Gasteiger partial charge in [0.25, 0.3) is 0 Å². The molecule has 20 heavy (non-hydrogen) atoms. The maximum atomic E-state index is 9.62. The van der Waals surface area contributed by atoms with Gasteiger partial charge in [-0.3, -0.25) is 0 Å². The Balaban J connectivity index is 2.58. The lowest BCUT2D eigenvalue weighted by Crippen LogP contribution is -2.00. The summed E-state index contributed by atoms with van der Waals surface area (Å²) < 4.78 is 5.80. The molecule has 0 aliphatic heterocycles. The maximum absolute atomic E-state index is 9.62. The van der Waals surface area contributed by atoms with Crippen molar-refractivity contribution < 1.29 is 9.84 Å². The van der Waals surface area contributed by atoms with Crippen molar-refractivity contribution >= 4 is 27.5 Å². The van der Waals surface area contributed by atoms with Gasteiger partial charge in [-0.2, -0.15) is 0 Å². The Morgan fingerprint density at radius 1 is 1.30 bits per heavy atom. The highest BCUT2D eigenvalue weighted by atomic mass is 79.9. The van der Waals surface area contributed by atoms with E-state index in [-0.39, 0.29) is 11.7 Å². The standard InChI is InChI=1S/C14H14BrClN2O2/c1-7(2)12-11(15)13(16)18-14(17-12)8-4-5-9(19)10(6-8)20-3/h4-7,19H,1-3H3. The fraction of sp³-hybridized carbons (Fsp3) is 0.286. The minimum atomic E-state index is 0.0727. The van der Waals surface area contributed by atoms with Crippen LogP contribution in [0, 0.1) is 0 Å². The van der Waals surface area contributed by atoms with E-state index in [2.05, 4.69) is 25.9 Å². The van der Waals surface area contributed by atoms with Crippen LogP contribution in [0.15, 0.2) is 22.7 Å². The zero-order valence-corrected chi connectivity index (χ0v) is 13.7. The largest absolute Gasteiger partial charge is 0.504 e. The first-order chi connectivity index (χ1) is 9.43. The van der Waals surface area contributed by atoms with Crippen LogP contribution in [0.25, 0.3) is 11.4 Å². The summed E-state index contributed by atoms with van der Waals surface area (Å²) in [5.74, 6) is 1.16. The number of hydrogen-bond donors (Lipinski definition) is 1. The van der Waals surface area contributed by atoms with Gasteiger partial charge in [0.15, 0.2) is 17.3 Å². The lowest BCUT2D eigenvalue weighted by atomic mass is 10.1. The van der Waals surface area contributed by atoms with Crippen molar-refractivity contribution in [3.8, 4) is 22.9 Å². The van der Waals surface area contributed by atoms with E-state index in [0.717, 1.165) is 11.3 Å². The topological polar surface area (TPSA) is 55.2 Å². The van der Waals surface area contributed by atoms with E-state index in [1.807, 2.05) is 13.8 Å². The Morgan fingerprint density at radius 2 is 2.00 bits per heavy atom. The van der Waals surface area contributed by atoms with Crippen LogP contribution < -0.4 is 4.74 Å². The molecule has 2 aromatic rings. The van der Waals surface area contributed by atoms with Crippen LogP contribution >= 0.6 is 27.5 Å². The van der Waals surface area contributed by atoms with E-state index < -0.39 is 0 Å². The van der Waals surface area contributed by atoms with E-state index in [1.165, 1.54) is 7.11 Å². The molecule has 1 aromatic carbocycles. The summed E-state index contributed by atoms with van der Waals surface area (Å²) >= 11 is 9.54. The molecule has 0 unspecified atom stereocenters. The molecule has 106 valence electrons. The Hall–Kier alpha value is -1.33. The Morgan fingerprint density at radius 3 is 2.60 bits per heavy atom. The van der Waals surface area contributed by atoms with Crippen molar-refractivity contribution in [2.45, 2.75) is 19.8 Å². The SMILES string of the molecule is COc1cc(-c2nc(Cl)c(Br)c(C(C)C)n2)ccc1O. The van der Waals surface area contributed by atoms with Gasteiger partial charge in [0, 0.05) is 5.56 Å². The van der Waals surface area contributed by atoms with Crippen LogP contribution in [0.2, 0.25) is 5.15 Å². The molecule has 4 nitrogen and oxygen atoms in total. The lowest BCUT2D eigenvalue weighted by molar-refractivity contribution is 0.373. The minimum absolute atomic E-state index is 0.0727. The van der Waals surface area contributed by atoms with Crippen molar-refractivity contribution in [1.29, 1.82) is 0 Å². The van der Waals surface area contributed by atoms with Gasteiger partial charge < -0.3 is 9.84 Å². The van der Waals surface area contributed by atoms with Crippen LogP contribution in [0.5, 0.6) is 11.5 Å². The average Bonchev–Trinajstić information content (AvgIpc) is 2.42. The van der Waals surface area contributed by atoms with Gasteiger partial charge in [0.2, 0.25) is 0 Å². The normalized spacial score (nSPS) is 10.9. The van der Waals surface area contributed by atoms with Crippen LogP contribution in [0.3, 0.4) is 0 Å². The molecule has 0 fully saturated rings. The molecule has 0 spiro atoms. The third-order valence-electron chi connectivity index (χ3n) is 2.82. The number of aromatic hydroxyl groups is 1. The van der Waals surface area contributed by atoms with Crippen LogP contribution in [-0.2, 0) is 0 Å². The summed E-state index contributed by atoms with van der Waals surface area (Å²) in [5, 5.41) is 9.99. The van der Waals surface area contributed by atoms with Crippen molar-refractivity contribution in [3.63, 3.8) is 0 Å². The van der Waals surface area contributed by atoms with Crippen LogP contribution in [-0.4, -0.2) is 22.2 Å². The minimum Gasteiger partial charge on any atom is -0.504 e. The molecule has 0 aliphatic rings. The molecule has 6 heteroatoms. The Kier molecular flexibility index (Phi) is 4.50. The number of phenolic OH excluding ortho intramolecular Hbond substituents is 1. The van der Waals surface area contributed by atoms with E-state index in [1.54, 1.807) is 18.2 Å². The molecule has 0 atom stereocenters. The number of hydrogen-bond acceptors (Lipinski definition) is 4. The average molecular weight is 358 g/mol. The molecule has 1 aromatic heterocycles. The third-order valence-corrected chi connectivity index (χ3v) is 4.10. The molecular weight excluding hydrogens is 344 g/mol. The molecule has 1 N–H and O–H groups in total. The quantitative estimate of drug-likeness (QED) is 0.827. The number of nitrogens with zero attached hydrogens (tertiary/aromatic N) is 2. The van der Waals surface area contributed by atoms with Crippen molar-refractivity contribution in [2.75, 3.05) is 7.11 Å². The smallest absolute Gasteiger partial charge is 0.161 e. The van der Waals surface area contributed by atoms with Gasteiger partial charge in [-0.05, 0) is 40.0 Å².